The van der Waals surface area contributed by atoms with Gasteiger partial charge >= 0.3 is 0 Å². The molecule has 106 valence electrons. The Balaban J connectivity index is 1.95. The van der Waals surface area contributed by atoms with Gasteiger partial charge in [0.25, 0.3) is 0 Å². The van der Waals surface area contributed by atoms with Crippen molar-refractivity contribution in [1.29, 1.82) is 0 Å². The molecule has 0 amide bonds. The van der Waals surface area contributed by atoms with E-state index in [1.54, 1.807) is 0 Å². The van der Waals surface area contributed by atoms with E-state index in [1.807, 2.05) is 0 Å². The molecule has 0 aromatic carbocycles. The molecule has 2 rings (SSSR count). The van der Waals surface area contributed by atoms with E-state index >= 15 is 0 Å². The second-order valence-corrected chi connectivity index (χ2v) is 7.60. The summed E-state index contributed by atoms with van der Waals surface area (Å²) < 4.78 is 11.9. The normalized spacial score (nSPS) is 37.0. The van der Waals surface area contributed by atoms with Crippen molar-refractivity contribution in [2.45, 2.75) is 76.9 Å². The summed E-state index contributed by atoms with van der Waals surface area (Å²) in [7, 11) is 0. The fraction of sp³-hybridized carbons (Fsp3) is 1.00. The van der Waals surface area contributed by atoms with Crippen molar-refractivity contribution in [3.63, 3.8) is 0 Å². The summed E-state index contributed by atoms with van der Waals surface area (Å²) in [5.41, 5.74) is 0.198. The summed E-state index contributed by atoms with van der Waals surface area (Å²) in [4.78, 5) is 0. The Kier molecular flexibility index (Phi) is 3.76. The predicted molar refractivity (Wildman–Crippen MR) is 72.8 cm³/mol. The SMILES string of the molecule is CC(C)(C)N[C@@H]1CO[C@H]2[C@@H]1OC[C@H]2NC(C)(C)C. The monoisotopic (exact) mass is 256 g/mol. The molecule has 0 aliphatic carbocycles. The summed E-state index contributed by atoms with van der Waals surface area (Å²) in [5.74, 6) is 0. The van der Waals surface area contributed by atoms with E-state index < -0.39 is 0 Å². The molecule has 0 saturated carbocycles. The van der Waals surface area contributed by atoms with Crippen LogP contribution >= 0.6 is 0 Å². The lowest BCUT2D eigenvalue weighted by molar-refractivity contribution is 0.0627. The van der Waals surface area contributed by atoms with Gasteiger partial charge in [-0.2, -0.15) is 0 Å². The molecule has 0 bridgehead atoms. The van der Waals surface area contributed by atoms with Crippen LogP contribution in [0.25, 0.3) is 0 Å². The highest BCUT2D eigenvalue weighted by Crippen LogP contribution is 2.29. The molecular weight excluding hydrogens is 228 g/mol. The maximum Gasteiger partial charge on any atom is 0.103 e. The number of rotatable bonds is 2. The molecule has 0 aromatic heterocycles. The first kappa shape index (κ1) is 14.3. The molecule has 0 spiro atoms. The van der Waals surface area contributed by atoms with E-state index in [9.17, 15) is 0 Å². The lowest BCUT2D eigenvalue weighted by Gasteiger charge is -2.28. The Morgan fingerprint density at radius 3 is 1.33 bits per heavy atom. The molecular formula is C14H28N2O2. The van der Waals surface area contributed by atoms with Crippen LogP contribution in [0.15, 0.2) is 0 Å². The summed E-state index contributed by atoms with van der Waals surface area (Å²) in [6.07, 6.45) is 0.369. The predicted octanol–water partition coefficient (Wildman–Crippen LogP) is 1.30. The van der Waals surface area contributed by atoms with Gasteiger partial charge in [-0.05, 0) is 41.5 Å². The molecule has 2 aliphatic heterocycles. The minimum atomic E-state index is 0.0990. The number of nitrogens with one attached hydrogen (secondary N) is 2. The molecule has 18 heavy (non-hydrogen) atoms. The van der Waals surface area contributed by atoms with Crippen LogP contribution in [0, 0.1) is 0 Å². The second kappa shape index (κ2) is 4.75. The first-order valence-corrected chi connectivity index (χ1v) is 6.94. The third kappa shape index (κ3) is 3.44. The third-order valence-corrected chi connectivity index (χ3v) is 3.29. The number of fused-ring (bicyclic) bond motifs is 1. The maximum absolute atomic E-state index is 5.94. The van der Waals surface area contributed by atoms with Gasteiger partial charge in [0.05, 0.1) is 25.3 Å². The van der Waals surface area contributed by atoms with E-state index in [0.717, 1.165) is 13.2 Å². The highest BCUT2D eigenvalue weighted by atomic mass is 16.6. The number of ether oxygens (including phenoxy) is 2. The number of hydrogen-bond acceptors (Lipinski definition) is 4. The van der Waals surface area contributed by atoms with Crippen LogP contribution in [0.4, 0.5) is 0 Å². The fourth-order valence-electron chi connectivity index (χ4n) is 2.86. The van der Waals surface area contributed by atoms with Crippen molar-refractivity contribution in [3.05, 3.63) is 0 Å². The van der Waals surface area contributed by atoms with Gasteiger partial charge in [-0.1, -0.05) is 0 Å². The van der Waals surface area contributed by atoms with Gasteiger partial charge in [0.15, 0.2) is 0 Å². The van der Waals surface area contributed by atoms with Crippen molar-refractivity contribution in [2.75, 3.05) is 13.2 Å². The average Bonchev–Trinajstić information content (AvgIpc) is 2.66. The van der Waals surface area contributed by atoms with Crippen molar-refractivity contribution >= 4 is 0 Å². The number of hydrogen-bond donors (Lipinski definition) is 2. The topological polar surface area (TPSA) is 42.5 Å². The first-order chi connectivity index (χ1) is 8.16. The summed E-state index contributed by atoms with van der Waals surface area (Å²) in [5, 5.41) is 7.19. The summed E-state index contributed by atoms with van der Waals surface area (Å²) in [6.45, 7) is 14.6. The second-order valence-electron chi connectivity index (χ2n) is 7.60. The molecule has 0 radical (unpaired) electrons. The quantitative estimate of drug-likeness (QED) is 0.781. The van der Waals surface area contributed by atoms with Crippen LogP contribution < -0.4 is 10.6 Å². The zero-order valence-corrected chi connectivity index (χ0v) is 12.5. The first-order valence-electron chi connectivity index (χ1n) is 6.94. The lowest BCUT2D eigenvalue weighted by Crippen LogP contribution is -2.52. The largest absolute Gasteiger partial charge is 0.372 e. The van der Waals surface area contributed by atoms with Crippen LogP contribution in [-0.2, 0) is 9.47 Å². The molecule has 0 aromatic rings. The molecule has 4 heteroatoms. The summed E-state index contributed by atoms with van der Waals surface area (Å²) >= 11 is 0. The van der Waals surface area contributed by atoms with Gasteiger partial charge in [-0.25, -0.2) is 0 Å². The van der Waals surface area contributed by atoms with Crippen molar-refractivity contribution < 1.29 is 9.47 Å². The highest BCUT2D eigenvalue weighted by molar-refractivity contribution is 5.03. The molecule has 2 saturated heterocycles. The molecule has 0 unspecified atom stereocenters. The molecule has 2 N–H and O–H groups in total. The van der Waals surface area contributed by atoms with Crippen LogP contribution in [0.3, 0.4) is 0 Å². The maximum atomic E-state index is 5.94. The standard InChI is InChI=1S/C14H28N2O2/c1-13(2,3)15-9-7-17-12-10(8-18-11(9)12)16-14(4,5)6/h9-12,15-16H,7-8H2,1-6H3/t9-,10-,11-,12-/m1/s1. The average molecular weight is 256 g/mol. The van der Waals surface area contributed by atoms with E-state index in [1.165, 1.54) is 0 Å². The van der Waals surface area contributed by atoms with Gasteiger partial charge in [0.2, 0.25) is 0 Å². The minimum Gasteiger partial charge on any atom is -0.372 e. The molecule has 4 atom stereocenters. The Hall–Kier alpha value is -0.160. The molecule has 2 heterocycles. The third-order valence-electron chi connectivity index (χ3n) is 3.29. The van der Waals surface area contributed by atoms with Crippen LogP contribution in [0.2, 0.25) is 0 Å². The van der Waals surface area contributed by atoms with E-state index in [-0.39, 0.29) is 23.3 Å². The van der Waals surface area contributed by atoms with Gasteiger partial charge in [0, 0.05) is 11.1 Å². The van der Waals surface area contributed by atoms with Crippen molar-refractivity contribution in [3.8, 4) is 0 Å². The Morgan fingerprint density at radius 2 is 1.06 bits per heavy atom. The van der Waals surface area contributed by atoms with E-state index in [2.05, 4.69) is 52.2 Å². The zero-order valence-electron chi connectivity index (χ0n) is 12.5. The smallest absolute Gasteiger partial charge is 0.103 e. The van der Waals surface area contributed by atoms with Crippen molar-refractivity contribution in [2.24, 2.45) is 0 Å². The Bertz CT molecular complexity index is 263. The van der Waals surface area contributed by atoms with Gasteiger partial charge < -0.3 is 20.1 Å². The van der Waals surface area contributed by atoms with Gasteiger partial charge in [0.1, 0.15) is 12.2 Å². The van der Waals surface area contributed by atoms with E-state index in [0.29, 0.717) is 12.1 Å². The molecule has 2 aliphatic rings. The fourth-order valence-corrected chi connectivity index (χ4v) is 2.86. The van der Waals surface area contributed by atoms with Crippen LogP contribution in [0.1, 0.15) is 41.5 Å². The zero-order chi connectivity index (χ0) is 13.6. The van der Waals surface area contributed by atoms with Crippen molar-refractivity contribution in [1.82, 2.24) is 10.6 Å². The van der Waals surface area contributed by atoms with Gasteiger partial charge in [-0.15, -0.1) is 0 Å². The molecule has 2 fully saturated rings. The van der Waals surface area contributed by atoms with Crippen LogP contribution in [0.5, 0.6) is 0 Å². The van der Waals surface area contributed by atoms with Crippen LogP contribution in [-0.4, -0.2) is 48.6 Å². The minimum absolute atomic E-state index is 0.0990. The summed E-state index contributed by atoms with van der Waals surface area (Å²) in [6, 6.07) is 0.614. The Labute approximate surface area is 111 Å². The molecule has 4 nitrogen and oxygen atoms in total. The Morgan fingerprint density at radius 1 is 0.722 bits per heavy atom. The highest BCUT2D eigenvalue weighted by Gasteiger charge is 2.48. The van der Waals surface area contributed by atoms with Gasteiger partial charge in [-0.3, -0.25) is 0 Å². The van der Waals surface area contributed by atoms with E-state index in [4.69, 9.17) is 9.47 Å². The lowest BCUT2D eigenvalue weighted by atomic mass is 10.00.